The lowest BCUT2D eigenvalue weighted by atomic mass is 10.1. The molecule has 2 unspecified atom stereocenters. The second-order valence-electron chi connectivity index (χ2n) is 4.64. The average molecular weight is 270 g/mol. The van der Waals surface area contributed by atoms with Crippen molar-refractivity contribution >= 4 is 10.0 Å². The van der Waals surface area contributed by atoms with E-state index in [1.165, 1.54) is 4.31 Å². The van der Waals surface area contributed by atoms with Crippen molar-refractivity contribution in [2.24, 2.45) is 5.73 Å². The highest BCUT2D eigenvalue weighted by Gasteiger charge is 2.24. The van der Waals surface area contributed by atoms with Gasteiger partial charge in [0.25, 0.3) is 0 Å². The van der Waals surface area contributed by atoms with E-state index in [0.717, 1.165) is 12.0 Å². The minimum Gasteiger partial charge on any atom is -0.324 e. The molecule has 1 rings (SSSR count). The molecule has 0 fully saturated rings. The topological polar surface area (TPSA) is 63.4 Å². The van der Waals surface area contributed by atoms with E-state index in [9.17, 15) is 8.42 Å². The molecule has 0 aliphatic heterocycles. The number of nitrogens with two attached hydrogens (primary N) is 1. The van der Waals surface area contributed by atoms with Gasteiger partial charge in [-0.1, -0.05) is 19.1 Å². The third-order valence-electron chi connectivity index (χ3n) is 3.27. The molecule has 102 valence electrons. The Bertz CT molecular complexity index is 497. The van der Waals surface area contributed by atoms with Crippen molar-refractivity contribution in [3.8, 4) is 0 Å². The van der Waals surface area contributed by atoms with Crippen LogP contribution in [0.3, 0.4) is 0 Å². The van der Waals surface area contributed by atoms with Crippen molar-refractivity contribution in [1.82, 2.24) is 4.31 Å². The SMILES string of the molecule is CCC(C)N(C)S(=O)(=O)c1cccc(C(C)N)c1. The van der Waals surface area contributed by atoms with E-state index in [4.69, 9.17) is 5.73 Å². The van der Waals surface area contributed by atoms with Gasteiger partial charge in [0.15, 0.2) is 0 Å². The molecular weight excluding hydrogens is 248 g/mol. The summed E-state index contributed by atoms with van der Waals surface area (Å²) in [5.41, 5.74) is 6.61. The van der Waals surface area contributed by atoms with Crippen molar-refractivity contribution < 1.29 is 8.42 Å². The molecule has 0 spiro atoms. The van der Waals surface area contributed by atoms with Crippen molar-refractivity contribution in [2.75, 3.05) is 7.05 Å². The number of sulfonamides is 1. The van der Waals surface area contributed by atoms with Gasteiger partial charge in [0.2, 0.25) is 10.0 Å². The third kappa shape index (κ3) is 3.10. The first-order valence-electron chi connectivity index (χ1n) is 6.14. The van der Waals surface area contributed by atoms with Crippen molar-refractivity contribution in [3.05, 3.63) is 29.8 Å². The number of nitrogens with zero attached hydrogens (tertiary/aromatic N) is 1. The van der Waals surface area contributed by atoms with E-state index in [2.05, 4.69) is 0 Å². The molecule has 0 bridgehead atoms. The molecule has 0 radical (unpaired) electrons. The first-order valence-corrected chi connectivity index (χ1v) is 7.58. The highest BCUT2D eigenvalue weighted by Crippen LogP contribution is 2.20. The average Bonchev–Trinajstić information content (AvgIpc) is 2.36. The fraction of sp³-hybridized carbons (Fsp3) is 0.538. The van der Waals surface area contributed by atoms with E-state index in [1.54, 1.807) is 25.2 Å². The van der Waals surface area contributed by atoms with E-state index in [-0.39, 0.29) is 12.1 Å². The maximum absolute atomic E-state index is 12.4. The van der Waals surface area contributed by atoms with Crippen LogP contribution in [0.2, 0.25) is 0 Å². The Hall–Kier alpha value is -0.910. The summed E-state index contributed by atoms with van der Waals surface area (Å²) in [6.07, 6.45) is 0.780. The zero-order chi connectivity index (χ0) is 13.9. The van der Waals surface area contributed by atoms with Crippen LogP contribution in [0, 0.1) is 0 Å². The smallest absolute Gasteiger partial charge is 0.243 e. The molecule has 18 heavy (non-hydrogen) atoms. The van der Waals surface area contributed by atoms with Gasteiger partial charge in [0.05, 0.1) is 4.90 Å². The molecule has 0 aromatic heterocycles. The summed E-state index contributed by atoms with van der Waals surface area (Å²) in [6, 6.07) is 6.64. The minimum absolute atomic E-state index is 0.0195. The van der Waals surface area contributed by atoms with Gasteiger partial charge in [-0.05, 0) is 38.0 Å². The van der Waals surface area contributed by atoms with Gasteiger partial charge in [-0.15, -0.1) is 0 Å². The molecule has 5 heteroatoms. The maximum Gasteiger partial charge on any atom is 0.243 e. The fourth-order valence-corrected chi connectivity index (χ4v) is 3.11. The summed E-state index contributed by atoms with van der Waals surface area (Å²) in [6.45, 7) is 5.70. The van der Waals surface area contributed by atoms with Crippen LogP contribution in [0.5, 0.6) is 0 Å². The summed E-state index contributed by atoms with van der Waals surface area (Å²) in [5, 5.41) is 0. The van der Waals surface area contributed by atoms with E-state index in [0.29, 0.717) is 4.90 Å². The van der Waals surface area contributed by atoms with E-state index >= 15 is 0 Å². The molecule has 2 atom stereocenters. The Morgan fingerprint density at radius 1 is 1.33 bits per heavy atom. The molecule has 2 N–H and O–H groups in total. The molecule has 0 aliphatic carbocycles. The van der Waals surface area contributed by atoms with Gasteiger partial charge in [-0.25, -0.2) is 8.42 Å². The Balaban J connectivity index is 3.16. The highest BCUT2D eigenvalue weighted by molar-refractivity contribution is 7.89. The monoisotopic (exact) mass is 270 g/mol. The lowest BCUT2D eigenvalue weighted by Crippen LogP contribution is -2.34. The third-order valence-corrected chi connectivity index (χ3v) is 5.24. The molecule has 0 heterocycles. The Labute approximate surface area is 110 Å². The predicted molar refractivity (Wildman–Crippen MR) is 73.7 cm³/mol. The Morgan fingerprint density at radius 2 is 1.94 bits per heavy atom. The zero-order valence-corrected chi connectivity index (χ0v) is 12.2. The minimum atomic E-state index is -3.43. The number of benzene rings is 1. The summed E-state index contributed by atoms with van der Waals surface area (Å²) in [5.74, 6) is 0. The number of hydrogen-bond acceptors (Lipinski definition) is 3. The molecule has 4 nitrogen and oxygen atoms in total. The van der Waals surface area contributed by atoms with Gasteiger partial charge in [0.1, 0.15) is 0 Å². The van der Waals surface area contributed by atoms with Crippen LogP contribution in [-0.2, 0) is 10.0 Å². The predicted octanol–water partition coefficient (Wildman–Crippen LogP) is 2.13. The Kier molecular flexibility index (Phi) is 4.90. The van der Waals surface area contributed by atoms with Crippen LogP contribution in [0.25, 0.3) is 0 Å². The molecule has 0 saturated heterocycles. The van der Waals surface area contributed by atoms with Gasteiger partial charge >= 0.3 is 0 Å². The van der Waals surface area contributed by atoms with Crippen LogP contribution in [-0.4, -0.2) is 25.8 Å². The first kappa shape index (κ1) is 15.1. The lowest BCUT2D eigenvalue weighted by Gasteiger charge is -2.23. The molecule has 0 saturated carbocycles. The summed E-state index contributed by atoms with van der Waals surface area (Å²) in [4.78, 5) is 0.306. The fourth-order valence-electron chi connectivity index (χ4n) is 1.62. The van der Waals surface area contributed by atoms with Gasteiger partial charge < -0.3 is 5.73 Å². The van der Waals surface area contributed by atoms with E-state index in [1.807, 2.05) is 26.8 Å². The first-order chi connectivity index (χ1) is 8.30. The summed E-state index contributed by atoms with van der Waals surface area (Å²) in [7, 11) is -1.82. The molecule has 1 aromatic rings. The quantitative estimate of drug-likeness (QED) is 0.891. The normalized spacial score (nSPS) is 15.7. The Morgan fingerprint density at radius 3 is 2.44 bits per heavy atom. The molecule has 0 aliphatic rings. The van der Waals surface area contributed by atoms with Gasteiger partial charge in [-0.2, -0.15) is 4.31 Å². The van der Waals surface area contributed by atoms with Crippen LogP contribution >= 0.6 is 0 Å². The van der Waals surface area contributed by atoms with Crippen LogP contribution < -0.4 is 5.73 Å². The van der Waals surface area contributed by atoms with Gasteiger partial charge in [-0.3, -0.25) is 0 Å². The molecule has 0 amide bonds. The van der Waals surface area contributed by atoms with Crippen LogP contribution in [0.4, 0.5) is 0 Å². The summed E-state index contributed by atoms with van der Waals surface area (Å²) < 4.78 is 26.2. The van der Waals surface area contributed by atoms with Crippen LogP contribution in [0.1, 0.15) is 38.8 Å². The molecule has 1 aromatic carbocycles. The lowest BCUT2D eigenvalue weighted by molar-refractivity contribution is 0.380. The van der Waals surface area contributed by atoms with Crippen molar-refractivity contribution in [1.29, 1.82) is 0 Å². The van der Waals surface area contributed by atoms with Crippen molar-refractivity contribution in [2.45, 2.75) is 44.2 Å². The standard InChI is InChI=1S/C13H22N2O2S/c1-5-10(2)15(4)18(16,17)13-8-6-7-12(9-13)11(3)14/h6-11H,5,14H2,1-4H3. The second kappa shape index (κ2) is 5.82. The number of rotatable bonds is 5. The summed E-state index contributed by atoms with van der Waals surface area (Å²) >= 11 is 0. The van der Waals surface area contributed by atoms with E-state index < -0.39 is 10.0 Å². The second-order valence-corrected chi connectivity index (χ2v) is 6.64. The highest BCUT2D eigenvalue weighted by atomic mass is 32.2. The maximum atomic E-state index is 12.4. The van der Waals surface area contributed by atoms with Crippen molar-refractivity contribution in [3.63, 3.8) is 0 Å². The molecular formula is C13H22N2O2S. The zero-order valence-electron chi connectivity index (χ0n) is 11.4. The largest absolute Gasteiger partial charge is 0.324 e. The van der Waals surface area contributed by atoms with Gasteiger partial charge in [0, 0.05) is 19.1 Å². The number of hydrogen-bond donors (Lipinski definition) is 1. The van der Waals surface area contributed by atoms with Crippen LogP contribution in [0.15, 0.2) is 29.2 Å².